The molecule has 6 heteroatoms. The van der Waals surface area contributed by atoms with Crippen molar-refractivity contribution in [1.29, 1.82) is 0 Å². The summed E-state index contributed by atoms with van der Waals surface area (Å²) in [6.07, 6.45) is 5.50. The van der Waals surface area contributed by atoms with Crippen molar-refractivity contribution < 1.29 is 14.4 Å². The van der Waals surface area contributed by atoms with E-state index in [1.165, 1.54) is 4.90 Å². The van der Waals surface area contributed by atoms with E-state index in [9.17, 15) is 14.4 Å². The number of aryl methyl sites for hydroxylation is 2. The van der Waals surface area contributed by atoms with Crippen LogP contribution in [-0.4, -0.2) is 22.4 Å². The molecule has 5 aliphatic rings. The summed E-state index contributed by atoms with van der Waals surface area (Å²) < 4.78 is 1.74. The number of hydrogen-bond donors (Lipinski definition) is 1. The molecule has 4 aliphatic carbocycles. The maximum absolute atomic E-state index is 13.2. The molecule has 7 rings (SSSR count). The van der Waals surface area contributed by atoms with Crippen LogP contribution in [0.2, 0.25) is 0 Å². The molecule has 2 saturated carbocycles. The highest BCUT2D eigenvalue weighted by Crippen LogP contribution is 2.65. The van der Waals surface area contributed by atoms with Gasteiger partial charge in [-0.3, -0.25) is 29.4 Å². The zero-order valence-corrected chi connectivity index (χ0v) is 16.9. The van der Waals surface area contributed by atoms with Crippen LogP contribution in [0.15, 0.2) is 48.6 Å². The molecule has 0 radical (unpaired) electrons. The van der Waals surface area contributed by atoms with Crippen LogP contribution in [0.1, 0.15) is 28.2 Å². The summed E-state index contributed by atoms with van der Waals surface area (Å²) in [5.41, 5.74) is 5.78. The predicted molar refractivity (Wildman–Crippen MR) is 111 cm³/mol. The Morgan fingerprint density at radius 3 is 1.93 bits per heavy atom. The summed E-state index contributed by atoms with van der Waals surface area (Å²) >= 11 is 0. The number of carbonyl (C=O) groups excluding carboxylic acids is 3. The van der Waals surface area contributed by atoms with Gasteiger partial charge in [-0.1, -0.05) is 12.2 Å². The molecular formula is C24H23N3O3. The summed E-state index contributed by atoms with van der Waals surface area (Å²) in [4.78, 5) is 40.4. The third-order valence-corrected chi connectivity index (χ3v) is 7.53. The molecular weight excluding hydrogens is 378 g/mol. The molecule has 3 fully saturated rings. The summed E-state index contributed by atoms with van der Waals surface area (Å²) in [7, 11) is 0. The molecule has 2 heterocycles. The lowest BCUT2D eigenvalue weighted by atomic mass is 9.63. The first-order chi connectivity index (χ1) is 14.5. The molecule has 1 aromatic carbocycles. The standard InChI is InChI=1S/C24H23N3O3/c1-12-3-4-13(2)27(12)25-22(28)14-5-7-15(8-6-14)26-23(29)20-16-9-10-17(19-11-18(16)19)21(20)24(26)30/h3-10,16-21H,11H2,1-2H3,(H,25,28)/t16-,17-,18-,19+,20+,21+/m0/s1. The highest BCUT2D eigenvalue weighted by atomic mass is 16.2. The van der Waals surface area contributed by atoms with Crippen molar-refractivity contribution in [3.05, 3.63) is 65.5 Å². The Bertz CT molecular complexity index is 1070. The van der Waals surface area contributed by atoms with E-state index in [1.54, 1.807) is 28.9 Å². The smallest absolute Gasteiger partial charge is 0.270 e. The van der Waals surface area contributed by atoms with Gasteiger partial charge >= 0.3 is 0 Å². The first-order valence-corrected chi connectivity index (χ1v) is 10.6. The molecule has 0 unspecified atom stereocenters. The first-order valence-electron chi connectivity index (χ1n) is 10.6. The van der Waals surface area contributed by atoms with Gasteiger partial charge in [0.05, 0.1) is 17.5 Å². The van der Waals surface area contributed by atoms with Crippen LogP contribution in [0.4, 0.5) is 5.69 Å². The third kappa shape index (κ3) is 2.27. The van der Waals surface area contributed by atoms with Crippen LogP contribution in [-0.2, 0) is 9.59 Å². The molecule has 30 heavy (non-hydrogen) atoms. The molecule has 2 aromatic rings. The lowest BCUT2D eigenvalue weighted by molar-refractivity contribution is -0.124. The number of allylic oxidation sites excluding steroid dienone is 2. The minimum absolute atomic E-state index is 0.0782. The van der Waals surface area contributed by atoms with Gasteiger partial charge in [0, 0.05) is 17.0 Å². The van der Waals surface area contributed by atoms with Crippen LogP contribution in [0.25, 0.3) is 0 Å². The zero-order chi connectivity index (χ0) is 20.7. The van der Waals surface area contributed by atoms with Gasteiger partial charge in [0.25, 0.3) is 5.91 Å². The molecule has 6 nitrogen and oxygen atoms in total. The van der Waals surface area contributed by atoms with Crippen molar-refractivity contribution in [2.75, 3.05) is 10.3 Å². The number of nitrogens with zero attached hydrogens (tertiary/aromatic N) is 2. The summed E-state index contributed by atoms with van der Waals surface area (Å²) in [5.74, 6) is 0.788. The highest BCUT2D eigenvalue weighted by Gasteiger charge is 2.67. The van der Waals surface area contributed by atoms with Crippen LogP contribution in [0, 0.1) is 49.4 Å². The van der Waals surface area contributed by atoms with Crippen LogP contribution >= 0.6 is 0 Å². The fourth-order valence-corrected chi connectivity index (χ4v) is 5.98. The van der Waals surface area contributed by atoms with Gasteiger partial charge < -0.3 is 0 Å². The second kappa shape index (κ2) is 5.94. The zero-order valence-electron chi connectivity index (χ0n) is 16.9. The molecule has 1 aliphatic heterocycles. The molecule has 6 atom stereocenters. The van der Waals surface area contributed by atoms with Crippen LogP contribution < -0.4 is 10.3 Å². The number of nitrogens with one attached hydrogen (secondary N) is 1. The van der Waals surface area contributed by atoms with E-state index in [0.29, 0.717) is 23.1 Å². The van der Waals surface area contributed by atoms with Crippen molar-refractivity contribution in [3.8, 4) is 0 Å². The Balaban J connectivity index is 1.25. The number of anilines is 1. The summed E-state index contributed by atoms with van der Waals surface area (Å²) in [6, 6.07) is 10.6. The fraction of sp³-hybridized carbons (Fsp3) is 0.375. The molecule has 1 N–H and O–H groups in total. The first kappa shape index (κ1) is 17.7. The quantitative estimate of drug-likeness (QED) is 0.635. The van der Waals surface area contributed by atoms with E-state index in [-0.39, 0.29) is 41.4 Å². The van der Waals surface area contributed by atoms with Crippen LogP contribution in [0.5, 0.6) is 0 Å². The van der Waals surface area contributed by atoms with Gasteiger partial charge in [0.2, 0.25) is 11.8 Å². The van der Waals surface area contributed by atoms with E-state index >= 15 is 0 Å². The van der Waals surface area contributed by atoms with Gasteiger partial charge in [-0.25, -0.2) is 0 Å². The largest absolute Gasteiger partial charge is 0.274 e. The minimum Gasteiger partial charge on any atom is -0.274 e. The van der Waals surface area contributed by atoms with Crippen molar-refractivity contribution in [3.63, 3.8) is 0 Å². The number of aromatic nitrogens is 1. The Hall–Kier alpha value is -3.15. The molecule has 3 amide bonds. The van der Waals surface area contributed by atoms with Gasteiger partial charge in [-0.05, 0) is 80.3 Å². The van der Waals surface area contributed by atoms with Crippen molar-refractivity contribution in [1.82, 2.24) is 4.68 Å². The maximum atomic E-state index is 13.2. The Morgan fingerprint density at radius 1 is 0.867 bits per heavy atom. The van der Waals surface area contributed by atoms with E-state index < -0.39 is 0 Å². The Kier molecular flexibility index (Phi) is 3.50. The highest BCUT2D eigenvalue weighted by molar-refractivity contribution is 6.22. The van der Waals surface area contributed by atoms with E-state index in [1.807, 2.05) is 26.0 Å². The lowest BCUT2D eigenvalue weighted by Crippen LogP contribution is -2.40. The topological polar surface area (TPSA) is 71.4 Å². The van der Waals surface area contributed by atoms with Gasteiger partial charge in [0.15, 0.2) is 0 Å². The van der Waals surface area contributed by atoms with Crippen LogP contribution in [0.3, 0.4) is 0 Å². The average Bonchev–Trinajstić information content (AvgIpc) is 3.47. The SMILES string of the molecule is Cc1ccc(C)n1NC(=O)c1ccc(N2C(=O)[C@@H]3[C@H]4C=C[C@@H]([C@@H]5C[C@H]45)[C@H]3C2=O)cc1. The Labute approximate surface area is 174 Å². The molecule has 2 bridgehead atoms. The number of carbonyl (C=O) groups is 3. The van der Waals surface area contributed by atoms with Crippen molar-refractivity contribution >= 4 is 23.4 Å². The normalized spacial score (nSPS) is 32.9. The summed E-state index contributed by atoms with van der Waals surface area (Å²) in [6.45, 7) is 3.85. The summed E-state index contributed by atoms with van der Waals surface area (Å²) in [5, 5.41) is 0. The van der Waals surface area contributed by atoms with E-state index in [0.717, 1.165) is 17.8 Å². The van der Waals surface area contributed by atoms with Gasteiger partial charge in [-0.15, -0.1) is 0 Å². The van der Waals surface area contributed by atoms with Crippen molar-refractivity contribution in [2.24, 2.45) is 35.5 Å². The molecule has 152 valence electrons. The molecule has 1 aromatic heterocycles. The number of benzene rings is 1. The Morgan fingerprint density at radius 2 is 1.40 bits per heavy atom. The number of imide groups is 1. The van der Waals surface area contributed by atoms with E-state index in [2.05, 4.69) is 17.6 Å². The minimum atomic E-state index is -0.237. The molecule has 1 saturated heterocycles. The average molecular weight is 401 g/mol. The van der Waals surface area contributed by atoms with Gasteiger partial charge in [-0.2, -0.15) is 0 Å². The number of rotatable bonds is 3. The van der Waals surface area contributed by atoms with Crippen molar-refractivity contribution in [2.45, 2.75) is 20.3 Å². The second-order valence-electron chi connectivity index (χ2n) is 9.11. The molecule has 0 spiro atoms. The van der Waals surface area contributed by atoms with E-state index in [4.69, 9.17) is 0 Å². The lowest BCUT2D eigenvalue weighted by Gasteiger charge is -2.37. The second-order valence-corrected chi connectivity index (χ2v) is 9.11. The monoisotopic (exact) mass is 401 g/mol. The predicted octanol–water partition coefficient (Wildman–Crippen LogP) is 3.05. The number of amides is 3. The maximum Gasteiger partial charge on any atom is 0.270 e. The number of hydrogen-bond acceptors (Lipinski definition) is 3. The van der Waals surface area contributed by atoms with Gasteiger partial charge in [0.1, 0.15) is 0 Å². The third-order valence-electron chi connectivity index (χ3n) is 7.53. The fourth-order valence-electron chi connectivity index (χ4n) is 5.98.